The third-order valence-electron chi connectivity index (χ3n) is 4.66. The van der Waals surface area contributed by atoms with Crippen LogP contribution >= 0.6 is 22.9 Å². The number of piperidine rings is 1. The van der Waals surface area contributed by atoms with E-state index in [4.69, 9.17) is 11.6 Å². The molecule has 1 aliphatic rings. The van der Waals surface area contributed by atoms with Crippen LogP contribution < -0.4 is 21.3 Å². The maximum Gasteiger partial charge on any atom is 0.261 e. The van der Waals surface area contributed by atoms with Crippen LogP contribution in [0, 0.1) is 5.92 Å². The highest BCUT2D eigenvalue weighted by atomic mass is 35.5. The normalized spacial score (nSPS) is 17.4. The van der Waals surface area contributed by atoms with Gasteiger partial charge in [-0.1, -0.05) is 11.6 Å². The van der Waals surface area contributed by atoms with E-state index in [9.17, 15) is 14.7 Å². The lowest BCUT2D eigenvalue weighted by Crippen LogP contribution is -2.37. The molecule has 2 heterocycles. The summed E-state index contributed by atoms with van der Waals surface area (Å²) in [7, 11) is 0. The lowest BCUT2D eigenvalue weighted by molar-refractivity contribution is -0.120. The van der Waals surface area contributed by atoms with Crippen LogP contribution in [0.15, 0.2) is 36.4 Å². The van der Waals surface area contributed by atoms with Crippen molar-refractivity contribution >= 4 is 46.1 Å². The fraction of sp³-hybridized carbons (Fsp3) is 0.400. The third-order valence-corrected chi connectivity index (χ3v) is 5.89. The van der Waals surface area contributed by atoms with Crippen molar-refractivity contribution < 1.29 is 14.7 Å². The number of rotatable bonds is 8. The summed E-state index contributed by atoms with van der Waals surface area (Å²) in [6.45, 7) is 2.11. The summed E-state index contributed by atoms with van der Waals surface area (Å²) in [5.74, 6) is -0.206. The van der Waals surface area contributed by atoms with Crippen LogP contribution in [0.25, 0.3) is 0 Å². The van der Waals surface area contributed by atoms with E-state index in [0.29, 0.717) is 9.21 Å². The first kappa shape index (κ1) is 21.6. The minimum atomic E-state index is -0.743. The number of halogens is 1. The summed E-state index contributed by atoms with van der Waals surface area (Å²) in [6.07, 6.45) is 1.18. The molecular formula is C20H25ClN4O3S. The van der Waals surface area contributed by atoms with Gasteiger partial charge in [-0.3, -0.25) is 9.59 Å². The van der Waals surface area contributed by atoms with E-state index in [-0.39, 0.29) is 30.8 Å². The maximum atomic E-state index is 12.3. The van der Waals surface area contributed by atoms with Crippen LogP contribution in [0.5, 0.6) is 0 Å². The fourth-order valence-corrected chi connectivity index (χ4v) is 3.99. The number of nitrogens with one attached hydrogen (secondary N) is 4. The second-order valence-corrected chi connectivity index (χ2v) is 8.67. The first-order valence-corrected chi connectivity index (χ1v) is 10.8. The summed E-state index contributed by atoms with van der Waals surface area (Å²) in [5.41, 5.74) is 1.56. The van der Waals surface area contributed by atoms with Gasteiger partial charge in [0.05, 0.1) is 21.2 Å². The van der Waals surface area contributed by atoms with Gasteiger partial charge in [-0.25, -0.2) is 0 Å². The zero-order valence-corrected chi connectivity index (χ0v) is 17.5. The van der Waals surface area contributed by atoms with Gasteiger partial charge in [0.1, 0.15) is 0 Å². The number of hydrogen-bond donors (Lipinski definition) is 5. The van der Waals surface area contributed by atoms with Gasteiger partial charge in [-0.2, -0.15) is 0 Å². The van der Waals surface area contributed by atoms with Crippen LogP contribution in [0.3, 0.4) is 0 Å². The number of anilines is 2. The molecule has 9 heteroatoms. The quantitative estimate of drug-likeness (QED) is 0.437. The van der Waals surface area contributed by atoms with Crippen molar-refractivity contribution in [3.05, 3.63) is 45.6 Å². The van der Waals surface area contributed by atoms with E-state index < -0.39 is 6.10 Å². The lowest BCUT2D eigenvalue weighted by atomic mass is 9.99. The lowest BCUT2D eigenvalue weighted by Gasteiger charge is -2.22. The van der Waals surface area contributed by atoms with Gasteiger partial charge in [0.25, 0.3) is 5.91 Å². The Morgan fingerprint density at radius 3 is 2.59 bits per heavy atom. The van der Waals surface area contributed by atoms with E-state index in [1.165, 1.54) is 11.3 Å². The Hall–Kier alpha value is -2.13. The van der Waals surface area contributed by atoms with E-state index in [1.807, 2.05) is 24.3 Å². The smallest absolute Gasteiger partial charge is 0.261 e. The zero-order valence-electron chi connectivity index (χ0n) is 15.9. The molecular weight excluding hydrogens is 412 g/mol. The molecule has 2 aromatic rings. The predicted molar refractivity (Wildman–Crippen MR) is 117 cm³/mol. The number of amides is 2. The molecule has 2 atom stereocenters. The van der Waals surface area contributed by atoms with Gasteiger partial charge < -0.3 is 26.4 Å². The zero-order chi connectivity index (χ0) is 20.6. The van der Waals surface area contributed by atoms with Crippen molar-refractivity contribution in [2.75, 3.05) is 36.8 Å². The average Bonchev–Trinajstić information content (AvgIpc) is 3.18. The van der Waals surface area contributed by atoms with Crippen molar-refractivity contribution in [3.8, 4) is 0 Å². The van der Waals surface area contributed by atoms with Gasteiger partial charge in [-0.05, 0) is 55.8 Å². The van der Waals surface area contributed by atoms with Crippen molar-refractivity contribution in [2.24, 2.45) is 5.92 Å². The molecule has 0 bridgehead atoms. The van der Waals surface area contributed by atoms with Crippen LogP contribution in [-0.4, -0.2) is 49.2 Å². The molecule has 7 nitrogen and oxygen atoms in total. The second kappa shape index (κ2) is 10.6. The topological polar surface area (TPSA) is 102 Å². The Kier molecular flexibility index (Phi) is 7.88. The molecule has 5 N–H and O–H groups in total. The highest BCUT2D eigenvalue weighted by Gasteiger charge is 2.20. The van der Waals surface area contributed by atoms with Crippen LogP contribution in [-0.2, 0) is 4.79 Å². The van der Waals surface area contributed by atoms with Gasteiger partial charge in [0, 0.05) is 31.0 Å². The fourth-order valence-electron chi connectivity index (χ4n) is 3.03. The standard InChI is InChI=1S/C20H25ClN4O3S/c21-18-8-7-17(29-18)20(28)24-12-16(26)11-23-14-3-5-15(6-4-14)25-19(27)13-2-1-9-22-10-13/h3-8,13,16,22-23,26H,1-2,9-12H2,(H,24,28)(H,25,27). The van der Waals surface area contributed by atoms with E-state index >= 15 is 0 Å². The maximum absolute atomic E-state index is 12.3. The largest absolute Gasteiger partial charge is 0.389 e. The van der Waals surface area contributed by atoms with Crippen molar-refractivity contribution in [3.63, 3.8) is 0 Å². The third kappa shape index (κ3) is 6.71. The molecule has 0 saturated carbocycles. The summed E-state index contributed by atoms with van der Waals surface area (Å²) in [6, 6.07) is 10.6. The average molecular weight is 437 g/mol. The van der Waals surface area contributed by atoms with Crippen molar-refractivity contribution in [1.29, 1.82) is 0 Å². The number of carbonyl (C=O) groups is 2. The number of thiophene rings is 1. The number of benzene rings is 1. The van der Waals surface area contributed by atoms with Crippen LogP contribution in [0.4, 0.5) is 11.4 Å². The summed E-state index contributed by atoms with van der Waals surface area (Å²) >= 11 is 7.01. The molecule has 2 amide bonds. The molecule has 1 aromatic carbocycles. The van der Waals surface area contributed by atoms with Crippen molar-refractivity contribution in [2.45, 2.75) is 18.9 Å². The monoisotopic (exact) mass is 436 g/mol. The molecule has 0 spiro atoms. The molecule has 29 heavy (non-hydrogen) atoms. The molecule has 0 radical (unpaired) electrons. The Balaban J connectivity index is 1.39. The Labute approximate surface area is 178 Å². The summed E-state index contributed by atoms with van der Waals surface area (Å²) in [4.78, 5) is 24.7. The van der Waals surface area contributed by atoms with Gasteiger partial charge in [-0.15, -0.1) is 11.3 Å². The number of aliphatic hydroxyl groups excluding tert-OH is 1. The minimum Gasteiger partial charge on any atom is -0.389 e. The highest BCUT2D eigenvalue weighted by molar-refractivity contribution is 7.17. The van der Waals surface area contributed by atoms with E-state index in [1.54, 1.807) is 12.1 Å². The Morgan fingerprint density at radius 2 is 1.93 bits per heavy atom. The number of aliphatic hydroxyl groups is 1. The van der Waals surface area contributed by atoms with Gasteiger partial charge in [0.2, 0.25) is 5.91 Å². The van der Waals surface area contributed by atoms with E-state index in [2.05, 4.69) is 21.3 Å². The summed E-state index contributed by atoms with van der Waals surface area (Å²) in [5, 5.41) is 22.0. The van der Waals surface area contributed by atoms with Crippen LogP contribution in [0.2, 0.25) is 4.34 Å². The Bertz CT molecular complexity index is 821. The molecule has 1 saturated heterocycles. The van der Waals surface area contributed by atoms with Crippen LogP contribution in [0.1, 0.15) is 22.5 Å². The predicted octanol–water partition coefficient (Wildman–Crippen LogP) is 2.54. The molecule has 2 unspecified atom stereocenters. The van der Waals surface area contributed by atoms with Gasteiger partial charge >= 0.3 is 0 Å². The molecule has 1 aliphatic heterocycles. The minimum absolute atomic E-state index is 0.0112. The molecule has 1 aromatic heterocycles. The Morgan fingerprint density at radius 1 is 1.17 bits per heavy atom. The summed E-state index contributed by atoms with van der Waals surface area (Å²) < 4.78 is 0.549. The molecule has 0 aliphatic carbocycles. The van der Waals surface area contributed by atoms with E-state index in [0.717, 1.165) is 37.3 Å². The number of carbonyl (C=O) groups excluding carboxylic acids is 2. The van der Waals surface area contributed by atoms with Crippen molar-refractivity contribution in [1.82, 2.24) is 10.6 Å². The number of hydrogen-bond acceptors (Lipinski definition) is 6. The first-order chi connectivity index (χ1) is 14.0. The molecule has 3 rings (SSSR count). The molecule has 156 valence electrons. The first-order valence-electron chi connectivity index (χ1n) is 9.58. The highest BCUT2D eigenvalue weighted by Crippen LogP contribution is 2.21. The second-order valence-electron chi connectivity index (χ2n) is 6.96. The molecule has 1 fully saturated rings. The SMILES string of the molecule is O=C(NCC(O)CNc1ccc(NC(=O)C2CCCNC2)cc1)c1ccc(Cl)s1. The van der Waals surface area contributed by atoms with Gasteiger partial charge in [0.15, 0.2) is 0 Å².